The molecule has 0 unspecified atom stereocenters. The maximum absolute atomic E-state index is 13.0. The molecule has 23 heavy (non-hydrogen) atoms. The predicted molar refractivity (Wildman–Crippen MR) is 94.2 cm³/mol. The zero-order valence-corrected chi connectivity index (χ0v) is 15.6. The summed E-state index contributed by atoms with van der Waals surface area (Å²) in [6, 6.07) is 4.98. The molecule has 0 spiro atoms. The molecule has 1 aromatic rings. The average molecular weight is 357 g/mol. The lowest BCUT2D eigenvalue weighted by Gasteiger charge is -2.26. The number of benzene rings is 1. The van der Waals surface area contributed by atoms with Gasteiger partial charge in [0.2, 0.25) is 15.9 Å². The van der Waals surface area contributed by atoms with Gasteiger partial charge in [-0.2, -0.15) is 4.31 Å². The van der Waals surface area contributed by atoms with Gasteiger partial charge < -0.3 is 5.32 Å². The number of carbonyl (C=O) groups is 1. The maximum atomic E-state index is 13.0. The number of amides is 1. The molecule has 0 fully saturated rings. The van der Waals surface area contributed by atoms with Crippen molar-refractivity contribution in [3.8, 4) is 0 Å². The molecule has 1 N–H and O–H groups in total. The Labute approximate surface area is 142 Å². The first kappa shape index (κ1) is 18.3. The maximum Gasteiger partial charge on any atom is 0.243 e. The molecule has 1 aliphatic heterocycles. The summed E-state index contributed by atoms with van der Waals surface area (Å²) >= 11 is 1.43. The minimum absolute atomic E-state index is 0.0988. The van der Waals surface area contributed by atoms with Crippen molar-refractivity contribution < 1.29 is 13.2 Å². The van der Waals surface area contributed by atoms with Crippen LogP contribution in [0.3, 0.4) is 0 Å². The number of sulfonamides is 1. The summed E-state index contributed by atoms with van der Waals surface area (Å²) in [5.41, 5.74) is 0.585. The molecule has 1 aromatic carbocycles. The van der Waals surface area contributed by atoms with Crippen LogP contribution in [-0.4, -0.2) is 37.5 Å². The first-order chi connectivity index (χ1) is 10.7. The van der Waals surface area contributed by atoms with Crippen molar-refractivity contribution in [3.63, 3.8) is 0 Å². The highest BCUT2D eigenvalue weighted by atomic mass is 32.2. The van der Waals surface area contributed by atoms with Crippen LogP contribution in [0.25, 0.3) is 0 Å². The quantitative estimate of drug-likeness (QED) is 0.851. The highest BCUT2D eigenvalue weighted by Gasteiger charge is 2.27. The largest absolute Gasteiger partial charge is 0.324 e. The van der Waals surface area contributed by atoms with Crippen molar-refractivity contribution in [3.05, 3.63) is 18.2 Å². The van der Waals surface area contributed by atoms with Crippen molar-refractivity contribution in [2.45, 2.75) is 37.5 Å². The van der Waals surface area contributed by atoms with Crippen molar-refractivity contribution in [2.75, 3.05) is 24.2 Å². The van der Waals surface area contributed by atoms with Crippen LogP contribution in [0.5, 0.6) is 0 Å². The van der Waals surface area contributed by atoms with Gasteiger partial charge in [0, 0.05) is 18.0 Å². The second kappa shape index (κ2) is 7.23. The average Bonchev–Trinajstić information content (AvgIpc) is 2.44. The fourth-order valence-electron chi connectivity index (χ4n) is 2.46. The Morgan fingerprint density at radius 1 is 1.17 bits per heavy atom. The van der Waals surface area contributed by atoms with Gasteiger partial charge in [-0.1, -0.05) is 27.7 Å². The smallest absolute Gasteiger partial charge is 0.243 e. The number of nitrogens with zero attached hydrogens (tertiary/aromatic N) is 1. The molecule has 128 valence electrons. The van der Waals surface area contributed by atoms with Crippen LogP contribution in [0.15, 0.2) is 28.0 Å². The highest BCUT2D eigenvalue weighted by molar-refractivity contribution is 8.00. The Bertz CT molecular complexity index is 675. The van der Waals surface area contributed by atoms with Crippen LogP contribution in [0.2, 0.25) is 0 Å². The monoisotopic (exact) mass is 356 g/mol. The summed E-state index contributed by atoms with van der Waals surface area (Å²) in [5.74, 6) is 0.762. The number of carbonyl (C=O) groups excluding carboxylic acids is 1. The van der Waals surface area contributed by atoms with E-state index in [0.717, 1.165) is 4.90 Å². The Hall–Kier alpha value is -1.05. The molecule has 5 nitrogen and oxygen atoms in total. The van der Waals surface area contributed by atoms with E-state index in [-0.39, 0.29) is 22.6 Å². The number of hydrogen-bond acceptors (Lipinski definition) is 4. The lowest BCUT2D eigenvalue weighted by Crippen LogP contribution is -2.37. The normalized spacial score (nSPS) is 15.2. The van der Waals surface area contributed by atoms with Crippen LogP contribution in [0.1, 0.15) is 27.7 Å². The third-order valence-electron chi connectivity index (χ3n) is 3.36. The SMILES string of the molecule is CC(C)CN(CC(C)C)S(=O)(=O)c1ccc2c(c1)NC(=O)CS2. The van der Waals surface area contributed by atoms with Gasteiger partial charge in [-0.05, 0) is 30.0 Å². The minimum atomic E-state index is -3.57. The molecule has 1 aliphatic rings. The lowest BCUT2D eigenvalue weighted by atomic mass is 10.2. The van der Waals surface area contributed by atoms with Crippen molar-refractivity contribution >= 4 is 33.4 Å². The summed E-state index contributed by atoms with van der Waals surface area (Å²) < 4.78 is 27.5. The van der Waals surface area contributed by atoms with Crippen LogP contribution >= 0.6 is 11.8 Å². The molecular formula is C16H24N2O3S2. The Balaban J connectivity index is 2.36. The minimum Gasteiger partial charge on any atom is -0.324 e. The first-order valence-corrected chi connectivity index (χ1v) is 10.2. The van der Waals surface area contributed by atoms with E-state index in [9.17, 15) is 13.2 Å². The van der Waals surface area contributed by atoms with E-state index in [4.69, 9.17) is 0 Å². The van der Waals surface area contributed by atoms with Crippen molar-refractivity contribution in [1.82, 2.24) is 4.31 Å². The number of fused-ring (bicyclic) bond motifs is 1. The third-order valence-corrected chi connectivity index (χ3v) is 6.26. The highest BCUT2D eigenvalue weighted by Crippen LogP contribution is 2.34. The molecule has 0 atom stereocenters. The van der Waals surface area contributed by atoms with E-state index in [1.165, 1.54) is 11.8 Å². The van der Waals surface area contributed by atoms with Crippen LogP contribution < -0.4 is 5.32 Å². The van der Waals surface area contributed by atoms with Gasteiger partial charge in [0.15, 0.2) is 0 Å². The Kier molecular flexibility index (Phi) is 5.75. The first-order valence-electron chi connectivity index (χ1n) is 7.77. The molecule has 0 aliphatic carbocycles. The van der Waals surface area contributed by atoms with E-state index in [2.05, 4.69) is 5.32 Å². The van der Waals surface area contributed by atoms with Crippen LogP contribution in [0.4, 0.5) is 5.69 Å². The standard InChI is InChI=1S/C16H24N2O3S2/c1-11(2)8-18(9-12(3)4)23(20,21)13-5-6-15-14(7-13)17-16(19)10-22-15/h5-7,11-12H,8-10H2,1-4H3,(H,17,19). The van der Waals surface area contributed by atoms with E-state index >= 15 is 0 Å². The zero-order chi connectivity index (χ0) is 17.2. The fraction of sp³-hybridized carbons (Fsp3) is 0.562. The molecule has 1 amide bonds. The van der Waals surface area contributed by atoms with Gasteiger partial charge in [-0.3, -0.25) is 4.79 Å². The summed E-state index contributed by atoms with van der Waals surface area (Å²) in [6.07, 6.45) is 0. The number of rotatable bonds is 6. The van der Waals surface area contributed by atoms with Gasteiger partial charge in [-0.15, -0.1) is 11.8 Å². The third kappa shape index (κ3) is 4.49. The molecule has 0 saturated heterocycles. The Morgan fingerprint density at radius 2 is 1.78 bits per heavy atom. The van der Waals surface area contributed by atoms with E-state index in [0.29, 0.717) is 24.5 Å². The predicted octanol–water partition coefficient (Wildman–Crippen LogP) is 3.03. The second-order valence-corrected chi connectivity index (χ2v) is 9.56. The van der Waals surface area contributed by atoms with E-state index in [1.54, 1.807) is 22.5 Å². The van der Waals surface area contributed by atoms with Gasteiger partial charge >= 0.3 is 0 Å². The van der Waals surface area contributed by atoms with Crippen molar-refractivity contribution in [1.29, 1.82) is 0 Å². The molecule has 7 heteroatoms. The molecule has 1 heterocycles. The number of anilines is 1. The molecule has 0 radical (unpaired) electrons. The fourth-order valence-corrected chi connectivity index (χ4v) is 5.04. The summed E-state index contributed by atoms with van der Waals surface area (Å²) in [5, 5.41) is 2.75. The van der Waals surface area contributed by atoms with Gasteiger partial charge in [0.1, 0.15) is 0 Å². The summed E-state index contributed by atoms with van der Waals surface area (Å²) in [6.45, 7) is 9.00. The lowest BCUT2D eigenvalue weighted by molar-refractivity contribution is -0.113. The van der Waals surface area contributed by atoms with Crippen LogP contribution in [0, 0.1) is 11.8 Å². The van der Waals surface area contributed by atoms with Crippen molar-refractivity contribution in [2.24, 2.45) is 11.8 Å². The Morgan fingerprint density at radius 3 is 2.35 bits per heavy atom. The number of hydrogen-bond donors (Lipinski definition) is 1. The van der Waals surface area contributed by atoms with Crippen LogP contribution in [-0.2, 0) is 14.8 Å². The summed E-state index contributed by atoms with van der Waals surface area (Å²) in [7, 11) is -3.57. The molecule has 0 aromatic heterocycles. The second-order valence-electron chi connectivity index (χ2n) is 6.60. The van der Waals surface area contributed by atoms with Gasteiger partial charge in [0.05, 0.1) is 16.3 Å². The topological polar surface area (TPSA) is 66.5 Å². The van der Waals surface area contributed by atoms with Gasteiger partial charge in [-0.25, -0.2) is 8.42 Å². The molecular weight excluding hydrogens is 332 g/mol. The summed E-state index contributed by atoms with van der Waals surface area (Å²) in [4.78, 5) is 12.7. The molecule has 0 saturated carbocycles. The number of nitrogens with one attached hydrogen (secondary N) is 1. The number of thioether (sulfide) groups is 1. The van der Waals surface area contributed by atoms with E-state index in [1.807, 2.05) is 27.7 Å². The molecule has 0 bridgehead atoms. The van der Waals surface area contributed by atoms with E-state index < -0.39 is 10.0 Å². The molecule has 2 rings (SSSR count). The van der Waals surface area contributed by atoms with Gasteiger partial charge in [0.25, 0.3) is 0 Å². The zero-order valence-electron chi connectivity index (χ0n) is 14.0.